The van der Waals surface area contributed by atoms with Crippen molar-refractivity contribution in [1.29, 1.82) is 0 Å². The molecular weight excluding hydrogens is 262 g/mol. The zero-order chi connectivity index (χ0) is 15.3. The highest BCUT2D eigenvalue weighted by Crippen LogP contribution is 2.25. The van der Waals surface area contributed by atoms with Crippen molar-refractivity contribution in [3.63, 3.8) is 0 Å². The summed E-state index contributed by atoms with van der Waals surface area (Å²) in [6.07, 6.45) is 8.79. The molecule has 2 fully saturated rings. The van der Waals surface area contributed by atoms with Gasteiger partial charge in [-0.25, -0.2) is 0 Å². The predicted molar refractivity (Wildman–Crippen MR) is 88.6 cm³/mol. The van der Waals surface area contributed by atoms with Crippen LogP contribution in [0.4, 0.5) is 0 Å². The first-order chi connectivity index (χ1) is 10.0. The summed E-state index contributed by atoms with van der Waals surface area (Å²) in [5, 5.41) is 13.2. The Morgan fingerprint density at radius 3 is 2.62 bits per heavy atom. The molecule has 4 nitrogen and oxygen atoms in total. The first-order valence-electron chi connectivity index (χ1n) is 8.80. The molecule has 1 heterocycles. The van der Waals surface area contributed by atoms with Crippen molar-refractivity contribution in [2.45, 2.75) is 69.5 Å². The molecule has 2 rings (SSSR count). The van der Waals surface area contributed by atoms with E-state index in [1.54, 1.807) is 0 Å². The molecule has 0 spiro atoms. The Balaban J connectivity index is 1.57. The molecule has 2 unspecified atom stereocenters. The Morgan fingerprint density at radius 2 is 2.05 bits per heavy atom. The van der Waals surface area contributed by atoms with E-state index in [0.717, 1.165) is 12.5 Å². The highest BCUT2D eigenvalue weighted by molar-refractivity contribution is 4.92. The summed E-state index contributed by atoms with van der Waals surface area (Å²) < 4.78 is 0. The second-order valence-electron chi connectivity index (χ2n) is 7.63. The van der Waals surface area contributed by atoms with Crippen LogP contribution in [0.2, 0.25) is 0 Å². The third kappa shape index (κ3) is 5.85. The molecule has 4 heteroatoms. The number of hydrogen-bond donors (Lipinski definition) is 2. The van der Waals surface area contributed by atoms with Gasteiger partial charge in [0.05, 0.1) is 6.61 Å². The fraction of sp³-hybridized carbons (Fsp3) is 1.00. The molecule has 1 saturated heterocycles. The number of aliphatic hydroxyl groups is 1. The zero-order valence-electron chi connectivity index (χ0n) is 14.3. The molecule has 0 aromatic carbocycles. The maximum atomic E-state index is 9.61. The lowest BCUT2D eigenvalue weighted by atomic mass is 9.95. The van der Waals surface area contributed by atoms with E-state index in [9.17, 15) is 5.11 Å². The lowest BCUT2D eigenvalue weighted by molar-refractivity contribution is 0.158. The van der Waals surface area contributed by atoms with Crippen LogP contribution in [0.3, 0.4) is 0 Å². The molecule has 21 heavy (non-hydrogen) atoms. The number of likely N-dealkylation sites (N-methyl/N-ethyl adjacent to an activating group) is 2. The predicted octanol–water partition coefficient (Wildman–Crippen LogP) is 1.69. The third-order valence-electron chi connectivity index (χ3n) is 5.19. The summed E-state index contributed by atoms with van der Waals surface area (Å²) in [7, 11) is 4.50. The van der Waals surface area contributed by atoms with E-state index in [0.29, 0.717) is 6.04 Å². The largest absolute Gasteiger partial charge is 0.394 e. The summed E-state index contributed by atoms with van der Waals surface area (Å²) in [4.78, 5) is 4.98. The molecule has 0 aromatic heterocycles. The van der Waals surface area contributed by atoms with Crippen LogP contribution in [0, 0.1) is 0 Å². The average Bonchev–Trinajstić information content (AvgIpc) is 3.17. The zero-order valence-corrected chi connectivity index (χ0v) is 14.3. The van der Waals surface area contributed by atoms with Crippen LogP contribution in [0.5, 0.6) is 0 Å². The molecule has 2 aliphatic rings. The summed E-state index contributed by atoms with van der Waals surface area (Å²) >= 11 is 0. The maximum Gasteiger partial charge on any atom is 0.0610 e. The van der Waals surface area contributed by atoms with Gasteiger partial charge in [-0.15, -0.1) is 0 Å². The Hall–Kier alpha value is -0.160. The number of likely N-dealkylation sites (tertiary alicyclic amines) is 1. The standard InChI is InChI=1S/C17H35N3O/c1-17(14-21,18-15-8-9-15)10-4-5-11-19(2)13-16-7-6-12-20(16)3/h15-16,18,21H,4-14H2,1-3H3. The quantitative estimate of drug-likeness (QED) is 0.602. The second-order valence-corrected chi connectivity index (χ2v) is 7.63. The first kappa shape index (κ1) is 17.2. The summed E-state index contributed by atoms with van der Waals surface area (Å²) in [5.74, 6) is 0. The first-order valence-corrected chi connectivity index (χ1v) is 8.80. The van der Waals surface area contributed by atoms with Crippen molar-refractivity contribution >= 4 is 0 Å². The number of hydrogen-bond acceptors (Lipinski definition) is 4. The Labute approximate surface area is 130 Å². The van der Waals surface area contributed by atoms with Gasteiger partial charge in [-0.2, -0.15) is 0 Å². The smallest absolute Gasteiger partial charge is 0.0610 e. The van der Waals surface area contributed by atoms with Gasteiger partial charge in [-0.3, -0.25) is 0 Å². The normalized spacial score (nSPS) is 26.4. The van der Waals surface area contributed by atoms with Gasteiger partial charge >= 0.3 is 0 Å². The van der Waals surface area contributed by atoms with E-state index in [4.69, 9.17) is 0 Å². The van der Waals surface area contributed by atoms with Crippen molar-refractivity contribution in [3.05, 3.63) is 0 Å². The van der Waals surface area contributed by atoms with Gasteiger partial charge in [0.1, 0.15) is 0 Å². The SMILES string of the molecule is CN(CCCCC(C)(CO)NC1CC1)CC1CCCN1C. The topological polar surface area (TPSA) is 38.7 Å². The Morgan fingerprint density at radius 1 is 1.29 bits per heavy atom. The number of rotatable bonds is 10. The minimum Gasteiger partial charge on any atom is -0.394 e. The molecule has 0 aromatic rings. The molecule has 124 valence electrons. The minimum atomic E-state index is -0.0641. The van der Waals surface area contributed by atoms with E-state index in [2.05, 4.69) is 36.1 Å². The minimum absolute atomic E-state index is 0.0641. The highest BCUT2D eigenvalue weighted by atomic mass is 16.3. The second kappa shape index (κ2) is 7.91. The van der Waals surface area contributed by atoms with E-state index in [-0.39, 0.29) is 12.1 Å². The highest BCUT2D eigenvalue weighted by Gasteiger charge is 2.31. The van der Waals surface area contributed by atoms with Gasteiger partial charge in [0.15, 0.2) is 0 Å². The van der Waals surface area contributed by atoms with Gasteiger partial charge in [-0.1, -0.05) is 6.42 Å². The van der Waals surface area contributed by atoms with Crippen LogP contribution >= 0.6 is 0 Å². The summed E-state index contributed by atoms with van der Waals surface area (Å²) in [6.45, 7) is 6.07. The van der Waals surface area contributed by atoms with E-state index in [1.165, 1.54) is 58.2 Å². The monoisotopic (exact) mass is 297 g/mol. The van der Waals surface area contributed by atoms with Crippen LogP contribution in [0.1, 0.15) is 51.9 Å². The van der Waals surface area contributed by atoms with Gasteiger partial charge < -0.3 is 20.2 Å². The van der Waals surface area contributed by atoms with Crippen molar-refractivity contribution in [2.75, 3.05) is 40.3 Å². The van der Waals surface area contributed by atoms with Gasteiger partial charge in [0.25, 0.3) is 0 Å². The van der Waals surface area contributed by atoms with Crippen molar-refractivity contribution in [2.24, 2.45) is 0 Å². The molecule has 1 aliphatic carbocycles. The number of unbranched alkanes of at least 4 members (excludes halogenated alkanes) is 1. The van der Waals surface area contributed by atoms with E-state index in [1.807, 2.05) is 0 Å². The molecular formula is C17H35N3O. The van der Waals surface area contributed by atoms with Gasteiger partial charge in [0, 0.05) is 24.2 Å². The molecule has 0 radical (unpaired) electrons. The average molecular weight is 297 g/mol. The molecule has 1 saturated carbocycles. The van der Waals surface area contributed by atoms with Gasteiger partial charge in [0.2, 0.25) is 0 Å². The molecule has 0 bridgehead atoms. The maximum absolute atomic E-state index is 9.61. The van der Waals surface area contributed by atoms with Crippen LogP contribution < -0.4 is 5.32 Å². The van der Waals surface area contributed by atoms with Crippen LogP contribution in [-0.4, -0.2) is 72.9 Å². The van der Waals surface area contributed by atoms with Crippen LogP contribution in [0.25, 0.3) is 0 Å². The Bertz CT molecular complexity index is 308. The molecule has 1 aliphatic heterocycles. The van der Waals surface area contributed by atoms with Crippen molar-refractivity contribution in [1.82, 2.24) is 15.1 Å². The van der Waals surface area contributed by atoms with E-state index < -0.39 is 0 Å². The lowest BCUT2D eigenvalue weighted by Crippen LogP contribution is -2.47. The number of nitrogens with zero attached hydrogens (tertiary/aromatic N) is 2. The Kier molecular flexibility index (Phi) is 6.48. The van der Waals surface area contributed by atoms with Crippen molar-refractivity contribution in [3.8, 4) is 0 Å². The molecule has 2 N–H and O–H groups in total. The third-order valence-corrected chi connectivity index (χ3v) is 5.19. The van der Waals surface area contributed by atoms with Gasteiger partial charge in [-0.05, 0) is 72.6 Å². The fourth-order valence-electron chi connectivity index (χ4n) is 3.48. The number of aliphatic hydroxyl groups excluding tert-OH is 1. The fourth-order valence-corrected chi connectivity index (χ4v) is 3.48. The van der Waals surface area contributed by atoms with Crippen molar-refractivity contribution < 1.29 is 5.11 Å². The van der Waals surface area contributed by atoms with E-state index >= 15 is 0 Å². The summed E-state index contributed by atoms with van der Waals surface area (Å²) in [6, 6.07) is 1.43. The van der Waals surface area contributed by atoms with Crippen LogP contribution in [0.15, 0.2) is 0 Å². The molecule has 0 amide bonds. The molecule has 2 atom stereocenters. The summed E-state index contributed by atoms with van der Waals surface area (Å²) in [5.41, 5.74) is -0.0641. The lowest BCUT2D eigenvalue weighted by Gasteiger charge is -2.30. The number of nitrogens with one attached hydrogen (secondary N) is 1. The van der Waals surface area contributed by atoms with Crippen LogP contribution in [-0.2, 0) is 0 Å².